The molecule has 0 bridgehead atoms. The van der Waals surface area contributed by atoms with Crippen molar-refractivity contribution >= 4 is 45.0 Å². The molecule has 0 N–H and O–H groups in total. The Labute approximate surface area is 187 Å². The molecule has 0 aliphatic heterocycles. The van der Waals surface area contributed by atoms with E-state index in [1.165, 1.54) is 23.1 Å². The molecule has 0 unspecified atom stereocenters. The molecule has 31 heavy (non-hydrogen) atoms. The molecule has 0 atom stereocenters. The smallest absolute Gasteiger partial charge is 0.406 e. The highest BCUT2D eigenvalue weighted by Gasteiger charge is 2.31. The molecule has 0 spiro atoms. The third-order valence-corrected chi connectivity index (χ3v) is 5.23. The van der Waals surface area contributed by atoms with Gasteiger partial charge in [0.1, 0.15) is 5.75 Å². The van der Waals surface area contributed by atoms with Crippen LogP contribution in [0.3, 0.4) is 0 Å². The summed E-state index contributed by atoms with van der Waals surface area (Å²) in [5.41, 5.74) is 0.766. The van der Waals surface area contributed by atoms with Gasteiger partial charge in [-0.05, 0) is 46.1 Å². The number of carbonyl (C=O) groups excluding carboxylic acids is 1. The number of anilines is 1. The first-order chi connectivity index (χ1) is 14.0. The second kappa shape index (κ2) is 9.84. The maximum Gasteiger partial charge on any atom is 0.573 e. The zero-order chi connectivity index (χ0) is 22.1. The average Bonchev–Trinajstić information content (AvgIpc) is 3.26. The first kappa shape index (κ1) is 24.9. The predicted octanol–water partition coefficient (Wildman–Crippen LogP) is 4.60. The lowest BCUT2D eigenvalue weighted by Crippen LogP contribution is -2.37. The first-order valence-corrected chi connectivity index (χ1v) is 10.0. The molecule has 2 heterocycles. The van der Waals surface area contributed by atoms with Gasteiger partial charge >= 0.3 is 6.36 Å². The lowest BCUT2D eigenvalue weighted by atomic mass is 10.3. The number of likely N-dealkylation sites (N-methyl/N-ethyl adjacent to an activating group) is 1. The van der Waals surface area contributed by atoms with E-state index in [-0.39, 0.29) is 35.8 Å². The predicted molar refractivity (Wildman–Crippen MR) is 116 cm³/mol. The molecule has 0 fully saturated rings. The van der Waals surface area contributed by atoms with Crippen LogP contribution in [0.1, 0.15) is 30.4 Å². The minimum absolute atomic E-state index is 0. The van der Waals surface area contributed by atoms with Crippen LogP contribution in [0, 0.1) is 0 Å². The minimum atomic E-state index is -4.77. The topological polar surface area (TPSA) is 63.5 Å². The van der Waals surface area contributed by atoms with Gasteiger partial charge in [0.05, 0.1) is 10.2 Å². The van der Waals surface area contributed by atoms with Gasteiger partial charge in [0, 0.05) is 31.4 Å². The van der Waals surface area contributed by atoms with Gasteiger partial charge in [0.15, 0.2) is 10.8 Å². The van der Waals surface area contributed by atoms with Crippen molar-refractivity contribution in [2.45, 2.75) is 26.3 Å². The van der Waals surface area contributed by atoms with E-state index in [1.807, 2.05) is 32.8 Å². The number of thiazole rings is 1. The zero-order valence-corrected chi connectivity index (χ0v) is 19.0. The summed E-state index contributed by atoms with van der Waals surface area (Å²) in [4.78, 5) is 21.0. The fourth-order valence-corrected chi connectivity index (χ4v) is 3.69. The van der Waals surface area contributed by atoms with Crippen molar-refractivity contribution in [3.8, 4) is 5.75 Å². The normalized spacial score (nSPS) is 11.8. The van der Waals surface area contributed by atoms with Crippen LogP contribution in [0.2, 0.25) is 0 Å². The van der Waals surface area contributed by atoms with Crippen molar-refractivity contribution in [2.75, 3.05) is 32.1 Å². The summed E-state index contributed by atoms with van der Waals surface area (Å²) < 4.78 is 43.7. The molecule has 0 aliphatic carbocycles. The van der Waals surface area contributed by atoms with Crippen LogP contribution < -0.4 is 9.64 Å². The van der Waals surface area contributed by atoms with E-state index in [2.05, 4.69) is 14.8 Å². The number of carbonyl (C=O) groups is 1. The Balaban J connectivity index is 0.00000341. The van der Waals surface area contributed by atoms with E-state index in [9.17, 15) is 18.0 Å². The van der Waals surface area contributed by atoms with Crippen molar-refractivity contribution in [1.82, 2.24) is 19.7 Å². The second-order valence-corrected chi connectivity index (χ2v) is 8.22. The van der Waals surface area contributed by atoms with E-state index < -0.39 is 6.36 Å². The highest BCUT2D eigenvalue weighted by Crippen LogP contribution is 2.33. The molecule has 0 saturated carbocycles. The number of nitrogens with zero attached hydrogens (tertiary/aromatic N) is 5. The number of hydrogen-bond acceptors (Lipinski definition) is 6. The lowest BCUT2D eigenvalue weighted by Gasteiger charge is -2.21. The fourth-order valence-electron chi connectivity index (χ4n) is 2.67. The molecule has 3 aromatic rings. The molecular weight excluding hydrogens is 455 g/mol. The summed E-state index contributed by atoms with van der Waals surface area (Å²) in [6.07, 6.45) is -3.04. The summed E-state index contributed by atoms with van der Waals surface area (Å²) in [5.74, 6) is -0.644. The van der Waals surface area contributed by atoms with Gasteiger partial charge in [-0.3, -0.25) is 14.4 Å². The van der Waals surface area contributed by atoms with Gasteiger partial charge in [0.25, 0.3) is 5.91 Å². The standard InChI is InChI=1S/C19H22F3N5O2S.ClH/c1-12(2)27-8-7-15(24-27)17(28)26(10-9-25(3)4)18-23-14-6-5-13(11-16(14)30-18)29-19(20,21)22;/h5-8,11-12H,9-10H2,1-4H3;1H. The van der Waals surface area contributed by atoms with Crippen molar-refractivity contribution in [1.29, 1.82) is 0 Å². The Morgan fingerprint density at radius 3 is 2.52 bits per heavy atom. The number of fused-ring (bicyclic) bond motifs is 1. The molecule has 0 aliphatic rings. The highest BCUT2D eigenvalue weighted by atomic mass is 35.5. The summed E-state index contributed by atoms with van der Waals surface area (Å²) in [7, 11) is 3.77. The third kappa shape index (κ3) is 6.31. The van der Waals surface area contributed by atoms with Crippen molar-refractivity contribution < 1.29 is 22.7 Å². The molecular formula is C19H23ClF3N5O2S. The molecule has 0 saturated heterocycles. The van der Waals surface area contributed by atoms with E-state index in [0.29, 0.717) is 28.4 Å². The quantitative estimate of drug-likeness (QED) is 0.497. The number of benzene rings is 1. The molecule has 170 valence electrons. The molecule has 1 aromatic carbocycles. The largest absolute Gasteiger partial charge is 0.573 e. The van der Waals surface area contributed by atoms with Crippen LogP contribution in [0.5, 0.6) is 5.75 Å². The number of aromatic nitrogens is 3. The van der Waals surface area contributed by atoms with Crippen LogP contribution in [-0.4, -0.2) is 59.1 Å². The average molecular weight is 478 g/mol. The van der Waals surface area contributed by atoms with Gasteiger partial charge < -0.3 is 9.64 Å². The van der Waals surface area contributed by atoms with E-state index >= 15 is 0 Å². The molecule has 3 rings (SSSR count). The van der Waals surface area contributed by atoms with Crippen LogP contribution in [0.25, 0.3) is 10.2 Å². The van der Waals surface area contributed by atoms with Crippen molar-refractivity contribution in [3.63, 3.8) is 0 Å². The zero-order valence-electron chi connectivity index (χ0n) is 17.4. The second-order valence-electron chi connectivity index (χ2n) is 7.21. The highest BCUT2D eigenvalue weighted by molar-refractivity contribution is 7.22. The van der Waals surface area contributed by atoms with E-state index in [1.54, 1.807) is 16.9 Å². The summed E-state index contributed by atoms with van der Waals surface area (Å²) in [6, 6.07) is 5.67. The van der Waals surface area contributed by atoms with Crippen LogP contribution >= 0.6 is 23.7 Å². The number of amides is 1. The molecule has 12 heteroatoms. The Hall–Kier alpha value is -2.37. The van der Waals surface area contributed by atoms with E-state index in [0.717, 1.165) is 11.3 Å². The SMILES string of the molecule is CC(C)n1ccc(C(=O)N(CCN(C)C)c2nc3ccc(OC(F)(F)F)cc3s2)n1.Cl. The van der Waals surface area contributed by atoms with Gasteiger partial charge in [-0.15, -0.1) is 25.6 Å². The molecule has 2 aromatic heterocycles. The molecule has 0 radical (unpaired) electrons. The maximum absolute atomic E-state index is 13.1. The van der Waals surface area contributed by atoms with Crippen LogP contribution in [0.15, 0.2) is 30.5 Å². The monoisotopic (exact) mass is 477 g/mol. The molecule has 1 amide bonds. The number of halogens is 4. The minimum Gasteiger partial charge on any atom is -0.406 e. The fraction of sp³-hybridized carbons (Fsp3) is 0.421. The van der Waals surface area contributed by atoms with E-state index in [4.69, 9.17) is 0 Å². The summed E-state index contributed by atoms with van der Waals surface area (Å²) in [6.45, 7) is 4.85. The van der Waals surface area contributed by atoms with Crippen LogP contribution in [-0.2, 0) is 0 Å². The number of rotatable bonds is 7. The van der Waals surface area contributed by atoms with Crippen molar-refractivity contribution in [3.05, 3.63) is 36.2 Å². The van der Waals surface area contributed by atoms with Gasteiger partial charge in [-0.1, -0.05) is 11.3 Å². The molecule has 7 nitrogen and oxygen atoms in total. The van der Waals surface area contributed by atoms with Gasteiger partial charge in [0.2, 0.25) is 0 Å². The van der Waals surface area contributed by atoms with Gasteiger partial charge in [-0.2, -0.15) is 5.10 Å². The van der Waals surface area contributed by atoms with Gasteiger partial charge in [-0.25, -0.2) is 4.98 Å². The maximum atomic E-state index is 13.1. The van der Waals surface area contributed by atoms with Crippen molar-refractivity contribution in [2.24, 2.45) is 0 Å². The Morgan fingerprint density at radius 2 is 1.94 bits per heavy atom. The summed E-state index contributed by atoms with van der Waals surface area (Å²) in [5, 5.41) is 4.72. The Kier molecular flexibility index (Phi) is 7.90. The third-order valence-electron chi connectivity index (χ3n) is 4.19. The Morgan fingerprint density at radius 1 is 1.23 bits per heavy atom. The Bertz CT molecular complexity index is 1040. The first-order valence-electron chi connectivity index (χ1n) is 9.21. The lowest BCUT2D eigenvalue weighted by molar-refractivity contribution is -0.274. The summed E-state index contributed by atoms with van der Waals surface area (Å²) >= 11 is 1.13. The number of alkyl halides is 3. The van der Waals surface area contributed by atoms with Crippen LogP contribution in [0.4, 0.5) is 18.3 Å². The number of hydrogen-bond donors (Lipinski definition) is 0. The number of ether oxygens (including phenoxy) is 1.